The van der Waals surface area contributed by atoms with Crippen LogP contribution in [0.2, 0.25) is 0 Å². The smallest absolute Gasteiger partial charge is 0.276 e. The Balaban J connectivity index is 1.59. The quantitative estimate of drug-likeness (QED) is 0.777. The predicted octanol–water partition coefficient (Wildman–Crippen LogP) is 1.48. The number of imidazole rings is 1. The van der Waals surface area contributed by atoms with Gasteiger partial charge in [0.15, 0.2) is 5.69 Å². The highest BCUT2D eigenvalue weighted by Crippen LogP contribution is 2.13. The SMILES string of the molecule is Cc1cc(=O)c(C(=O)N[C@@H]2CCc3nccn3C2)nn1-c1ccccc1. The molecule has 26 heavy (non-hydrogen) atoms. The zero-order valence-corrected chi connectivity index (χ0v) is 14.4. The number of rotatable bonds is 3. The third-order valence-corrected chi connectivity index (χ3v) is 4.59. The zero-order chi connectivity index (χ0) is 18.1. The van der Waals surface area contributed by atoms with Crippen LogP contribution in [0.5, 0.6) is 0 Å². The molecule has 0 fully saturated rings. The van der Waals surface area contributed by atoms with Gasteiger partial charge in [-0.2, -0.15) is 5.10 Å². The van der Waals surface area contributed by atoms with Gasteiger partial charge in [0.05, 0.1) is 5.69 Å². The number of carbonyl (C=O) groups excluding carboxylic acids is 1. The lowest BCUT2D eigenvalue weighted by Gasteiger charge is -2.24. The van der Waals surface area contributed by atoms with Gasteiger partial charge >= 0.3 is 0 Å². The maximum Gasteiger partial charge on any atom is 0.276 e. The van der Waals surface area contributed by atoms with Gasteiger partial charge in [-0.05, 0) is 25.5 Å². The van der Waals surface area contributed by atoms with E-state index in [2.05, 4.69) is 15.4 Å². The molecule has 7 heteroatoms. The largest absolute Gasteiger partial charge is 0.346 e. The number of carbonyl (C=O) groups is 1. The van der Waals surface area contributed by atoms with E-state index >= 15 is 0 Å². The summed E-state index contributed by atoms with van der Waals surface area (Å²) in [5.41, 5.74) is 1.03. The lowest BCUT2D eigenvalue weighted by molar-refractivity contribution is 0.0919. The minimum atomic E-state index is -0.437. The van der Waals surface area contributed by atoms with Gasteiger partial charge in [-0.15, -0.1) is 0 Å². The fourth-order valence-electron chi connectivity index (χ4n) is 3.27. The van der Waals surface area contributed by atoms with Gasteiger partial charge in [-0.1, -0.05) is 18.2 Å². The van der Waals surface area contributed by atoms with Crippen molar-refractivity contribution in [2.75, 3.05) is 0 Å². The van der Waals surface area contributed by atoms with Crippen LogP contribution in [0, 0.1) is 6.92 Å². The average Bonchev–Trinajstić information content (AvgIpc) is 3.10. The van der Waals surface area contributed by atoms with Crippen LogP contribution in [0.3, 0.4) is 0 Å². The maximum absolute atomic E-state index is 12.7. The Labute approximate surface area is 150 Å². The van der Waals surface area contributed by atoms with Crippen molar-refractivity contribution >= 4 is 5.91 Å². The van der Waals surface area contributed by atoms with Crippen molar-refractivity contribution in [2.24, 2.45) is 0 Å². The molecule has 3 aromatic rings. The number of fused-ring (bicyclic) bond motifs is 1. The number of benzene rings is 1. The van der Waals surface area contributed by atoms with E-state index in [0.29, 0.717) is 12.2 Å². The zero-order valence-electron chi connectivity index (χ0n) is 14.4. The van der Waals surface area contributed by atoms with Gasteiger partial charge in [0.2, 0.25) is 5.43 Å². The third-order valence-electron chi connectivity index (χ3n) is 4.59. The molecular weight excluding hydrogens is 330 g/mol. The van der Waals surface area contributed by atoms with Gasteiger partial charge in [-0.3, -0.25) is 9.59 Å². The van der Waals surface area contributed by atoms with E-state index in [1.54, 1.807) is 17.8 Å². The number of hydrogen-bond acceptors (Lipinski definition) is 4. The molecule has 2 aromatic heterocycles. The van der Waals surface area contributed by atoms with Crippen LogP contribution in [0.15, 0.2) is 53.6 Å². The Morgan fingerprint density at radius 2 is 2.08 bits per heavy atom. The van der Waals surface area contributed by atoms with Gasteiger partial charge < -0.3 is 9.88 Å². The fourth-order valence-corrected chi connectivity index (χ4v) is 3.27. The summed E-state index contributed by atoms with van der Waals surface area (Å²) >= 11 is 0. The number of para-hydroxylation sites is 1. The lowest BCUT2D eigenvalue weighted by Crippen LogP contribution is -2.43. The summed E-state index contributed by atoms with van der Waals surface area (Å²) in [5.74, 6) is 0.587. The second-order valence-electron chi connectivity index (χ2n) is 6.45. The van der Waals surface area contributed by atoms with Crippen molar-refractivity contribution in [3.05, 3.63) is 76.2 Å². The summed E-state index contributed by atoms with van der Waals surface area (Å²) in [5, 5.41) is 7.26. The topological polar surface area (TPSA) is 81.8 Å². The van der Waals surface area contributed by atoms with E-state index in [4.69, 9.17) is 0 Å². The summed E-state index contributed by atoms with van der Waals surface area (Å²) in [4.78, 5) is 29.3. The molecule has 1 aliphatic heterocycles. The molecule has 4 rings (SSSR count). The van der Waals surface area contributed by atoms with Crippen LogP contribution in [0.25, 0.3) is 5.69 Å². The van der Waals surface area contributed by atoms with E-state index in [9.17, 15) is 9.59 Å². The molecule has 0 saturated carbocycles. The molecule has 1 aliphatic rings. The number of aromatic nitrogens is 4. The third kappa shape index (κ3) is 3.03. The summed E-state index contributed by atoms with van der Waals surface area (Å²) in [7, 11) is 0. The van der Waals surface area contributed by atoms with E-state index in [-0.39, 0.29) is 17.2 Å². The standard InChI is InChI=1S/C19H19N5O2/c1-13-11-16(25)18(22-24(13)15-5-3-2-4-6-15)19(26)21-14-7-8-17-20-9-10-23(17)12-14/h2-6,9-11,14H,7-8,12H2,1H3,(H,21,26)/t14-/m1/s1. The molecule has 1 aromatic carbocycles. The molecule has 0 spiro atoms. The minimum Gasteiger partial charge on any atom is -0.346 e. The van der Waals surface area contributed by atoms with Crippen molar-refractivity contribution in [3.8, 4) is 5.69 Å². The van der Waals surface area contributed by atoms with Crippen molar-refractivity contribution in [1.82, 2.24) is 24.6 Å². The maximum atomic E-state index is 12.7. The van der Waals surface area contributed by atoms with E-state index in [0.717, 1.165) is 24.4 Å². The molecule has 0 bridgehead atoms. The second kappa shape index (κ2) is 6.59. The molecule has 0 saturated heterocycles. The molecule has 7 nitrogen and oxygen atoms in total. The Morgan fingerprint density at radius 3 is 2.88 bits per heavy atom. The van der Waals surface area contributed by atoms with Crippen molar-refractivity contribution in [2.45, 2.75) is 32.4 Å². The van der Waals surface area contributed by atoms with E-state index in [1.165, 1.54) is 6.07 Å². The lowest BCUT2D eigenvalue weighted by atomic mass is 10.1. The molecule has 1 N–H and O–H groups in total. The number of hydrogen-bond donors (Lipinski definition) is 1. The molecule has 3 heterocycles. The Bertz CT molecular complexity index is 1010. The highest BCUT2D eigenvalue weighted by atomic mass is 16.2. The molecule has 132 valence electrons. The molecule has 1 amide bonds. The fraction of sp³-hybridized carbons (Fsp3) is 0.263. The molecule has 1 atom stereocenters. The molecular formula is C19H19N5O2. The first kappa shape index (κ1) is 16.3. The van der Waals surface area contributed by atoms with Crippen LogP contribution in [0.4, 0.5) is 0 Å². The molecule has 0 unspecified atom stereocenters. The van der Waals surface area contributed by atoms with E-state index in [1.807, 2.05) is 41.1 Å². The predicted molar refractivity (Wildman–Crippen MR) is 96.4 cm³/mol. The normalized spacial score (nSPS) is 16.1. The van der Waals surface area contributed by atoms with Crippen LogP contribution in [-0.4, -0.2) is 31.3 Å². The minimum absolute atomic E-state index is 0.0446. The molecule has 0 radical (unpaired) electrons. The molecule has 0 aliphatic carbocycles. The first-order valence-electron chi connectivity index (χ1n) is 8.59. The summed E-state index contributed by atoms with van der Waals surface area (Å²) in [6, 6.07) is 10.9. The Morgan fingerprint density at radius 1 is 1.27 bits per heavy atom. The first-order chi connectivity index (χ1) is 12.6. The summed E-state index contributed by atoms with van der Waals surface area (Å²) in [6.07, 6.45) is 5.26. The van der Waals surface area contributed by atoms with Gasteiger partial charge in [0, 0.05) is 43.2 Å². The summed E-state index contributed by atoms with van der Waals surface area (Å²) in [6.45, 7) is 2.45. The Kier molecular flexibility index (Phi) is 4.12. The monoisotopic (exact) mass is 349 g/mol. The number of aryl methyl sites for hydroxylation is 2. The number of amides is 1. The number of nitrogens with one attached hydrogen (secondary N) is 1. The first-order valence-corrected chi connectivity index (χ1v) is 8.59. The van der Waals surface area contributed by atoms with Crippen molar-refractivity contribution in [3.63, 3.8) is 0 Å². The summed E-state index contributed by atoms with van der Waals surface area (Å²) < 4.78 is 3.64. The van der Waals surface area contributed by atoms with Crippen LogP contribution in [0.1, 0.15) is 28.4 Å². The van der Waals surface area contributed by atoms with Crippen molar-refractivity contribution in [1.29, 1.82) is 0 Å². The highest BCUT2D eigenvalue weighted by Gasteiger charge is 2.23. The van der Waals surface area contributed by atoms with Crippen molar-refractivity contribution < 1.29 is 4.79 Å². The van der Waals surface area contributed by atoms with Crippen LogP contribution < -0.4 is 10.7 Å². The Hall–Kier alpha value is -3.22. The van der Waals surface area contributed by atoms with Crippen LogP contribution in [-0.2, 0) is 13.0 Å². The highest BCUT2D eigenvalue weighted by molar-refractivity contribution is 5.92. The van der Waals surface area contributed by atoms with Gasteiger partial charge in [0.25, 0.3) is 5.91 Å². The van der Waals surface area contributed by atoms with Gasteiger partial charge in [0.1, 0.15) is 5.82 Å². The average molecular weight is 349 g/mol. The van der Waals surface area contributed by atoms with E-state index < -0.39 is 5.91 Å². The second-order valence-corrected chi connectivity index (χ2v) is 6.45. The number of nitrogens with zero attached hydrogens (tertiary/aromatic N) is 4. The van der Waals surface area contributed by atoms with Crippen LogP contribution >= 0.6 is 0 Å². The van der Waals surface area contributed by atoms with Gasteiger partial charge in [-0.25, -0.2) is 9.67 Å².